The molecule has 0 unspecified atom stereocenters. The van der Waals surface area contributed by atoms with E-state index in [2.05, 4.69) is 22.6 Å². The van der Waals surface area contributed by atoms with E-state index in [-0.39, 0.29) is 0 Å². The molecule has 2 aliphatic rings. The van der Waals surface area contributed by atoms with Gasteiger partial charge >= 0.3 is 0 Å². The van der Waals surface area contributed by atoms with E-state index in [9.17, 15) is 0 Å². The lowest BCUT2D eigenvalue weighted by Gasteiger charge is -2.09. The molecule has 0 bridgehead atoms. The van der Waals surface area contributed by atoms with Crippen molar-refractivity contribution in [1.82, 2.24) is 0 Å². The number of rotatable bonds is 6. The quantitative estimate of drug-likeness (QED) is 0.360. The number of hydrogen-bond donors (Lipinski definition) is 2. The third-order valence-electron chi connectivity index (χ3n) is 4.35. The molecule has 0 aliphatic heterocycles. The zero-order valence-corrected chi connectivity index (χ0v) is 18.6. The van der Waals surface area contributed by atoms with Gasteiger partial charge in [-0.15, -0.1) is 0 Å². The number of ether oxygens (including phenoxy) is 2. The third-order valence-corrected chi connectivity index (χ3v) is 5.89. The van der Waals surface area contributed by atoms with Crippen molar-refractivity contribution in [3.63, 3.8) is 0 Å². The highest BCUT2D eigenvalue weighted by Crippen LogP contribution is 2.34. The number of hydrogen-bond acceptors (Lipinski definition) is 4. The average Bonchev–Trinajstić information content (AvgIpc) is 3.53. The summed E-state index contributed by atoms with van der Waals surface area (Å²) in [6.45, 7) is 1.53. The first-order valence-electron chi connectivity index (χ1n) is 8.97. The van der Waals surface area contributed by atoms with Crippen LogP contribution in [0.1, 0.15) is 25.7 Å². The molecular weight excluding hydrogens is 498 g/mol. The van der Waals surface area contributed by atoms with Crippen molar-refractivity contribution in [3.05, 3.63) is 43.9 Å². The zero-order chi connectivity index (χ0) is 19.4. The minimum Gasteiger partial charge on any atom is -0.492 e. The zero-order valence-electron chi connectivity index (χ0n) is 14.9. The van der Waals surface area contributed by atoms with Gasteiger partial charge in [-0.3, -0.25) is 0 Å². The summed E-state index contributed by atoms with van der Waals surface area (Å²) in [7, 11) is 0. The molecular formula is C20H23Cl2IN2O2. The van der Waals surface area contributed by atoms with E-state index in [4.69, 9.17) is 44.1 Å². The number of benzene rings is 2. The topological polar surface area (TPSA) is 70.5 Å². The Hall–Kier alpha value is -1.05. The van der Waals surface area contributed by atoms with Crippen molar-refractivity contribution in [1.29, 1.82) is 0 Å². The maximum Gasteiger partial charge on any atom is 0.140 e. The molecule has 0 saturated heterocycles. The van der Waals surface area contributed by atoms with Gasteiger partial charge in [0.25, 0.3) is 0 Å². The summed E-state index contributed by atoms with van der Waals surface area (Å²) < 4.78 is 12.1. The Morgan fingerprint density at radius 2 is 1.41 bits per heavy atom. The first-order valence-corrected chi connectivity index (χ1v) is 10.8. The van der Waals surface area contributed by atoms with Crippen molar-refractivity contribution in [2.45, 2.75) is 25.7 Å². The summed E-state index contributed by atoms with van der Waals surface area (Å²) in [5.74, 6) is 2.87. The Bertz CT molecular complexity index is 796. The molecule has 7 heteroatoms. The van der Waals surface area contributed by atoms with Gasteiger partial charge < -0.3 is 20.9 Å². The Labute approximate surface area is 183 Å². The van der Waals surface area contributed by atoms with E-state index in [1.807, 2.05) is 6.07 Å². The summed E-state index contributed by atoms with van der Waals surface area (Å²) in [6, 6.07) is 8.93. The van der Waals surface area contributed by atoms with Crippen molar-refractivity contribution in [2.24, 2.45) is 11.8 Å². The van der Waals surface area contributed by atoms with Crippen LogP contribution in [0.25, 0.3) is 0 Å². The van der Waals surface area contributed by atoms with E-state index in [1.165, 1.54) is 25.7 Å². The molecule has 2 aliphatic carbocycles. The maximum absolute atomic E-state index is 6.02. The van der Waals surface area contributed by atoms with Crippen LogP contribution in [0.4, 0.5) is 11.4 Å². The van der Waals surface area contributed by atoms with E-state index in [0.29, 0.717) is 27.2 Å². The molecule has 0 atom stereocenters. The molecule has 2 aromatic carbocycles. The first-order chi connectivity index (χ1) is 12.9. The minimum absolute atomic E-state index is 0.634. The van der Waals surface area contributed by atoms with Crippen LogP contribution in [-0.4, -0.2) is 13.2 Å². The van der Waals surface area contributed by atoms with Gasteiger partial charge in [-0.2, -0.15) is 0 Å². The molecule has 4 N–H and O–H groups in total. The molecule has 146 valence electrons. The second-order valence-corrected chi connectivity index (χ2v) is 8.98. The summed E-state index contributed by atoms with van der Waals surface area (Å²) in [5.41, 5.74) is 12.8. The third kappa shape index (κ3) is 6.80. The van der Waals surface area contributed by atoms with Crippen molar-refractivity contribution >= 4 is 57.2 Å². The fourth-order valence-corrected chi connectivity index (χ4v) is 3.31. The molecule has 4 nitrogen and oxygen atoms in total. The summed E-state index contributed by atoms with van der Waals surface area (Å²) in [4.78, 5) is 0. The monoisotopic (exact) mass is 520 g/mol. The van der Waals surface area contributed by atoms with Crippen LogP contribution in [0.2, 0.25) is 10.0 Å². The van der Waals surface area contributed by atoms with Crippen molar-refractivity contribution < 1.29 is 9.47 Å². The van der Waals surface area contributed by atoms with Crippen LogP contribution in [-0.2, 0) is 0 Å². The Balaban J connectivity index is 0.000000156. The highest BCUT2D eigenvalue weighted by Gasteiger charge is 2.23. The molecule has 2 fully saturated rings. The lowest BCUT2D eigenvalue weighted by Crippen LogP contribution is -2.00. The number of nitrogens with two attached hydrogens (primary N) is 2. The molecule has 0 spiro atoms. The van der Waals surface area contributed by atoms with E-state index >= 15 is 0 Å². The molecule has 2 aromatic rings. The van der Waals surface area contributed by atoms with Gasteiger partial charge in [0, 0.05) is 27.1 Å². The van der Waals surface area contributed by atoms with Crippen LogP contribution < -0.4 is 20.9 Å². The van der Waals surface area contributed by atoms with E-state index in [0.717, 1.165) is 34.3 Å². The van der Waals surface area contributed by atoms with Gasteiger partial charge in [0.2, 0.25) is 0 Å². The molecule has 0 amide bonds. The molecule has 4 rings (SSSR count). The van der Waals surface area contributed by atoms with Gasteiger partial charge in [-0.25, -0.2) is 0 Å². The van der Waals surface area contributed by atoms with Crippen LogP contribution in [0.3, 0.4) is 0 Å². The SMILES string of the molecule is Nc1cc(OCC2CC2)c(Cl)cc1I.Nc1ccc(Cl)c(OCC2CC2)c1. The number of nitrogen functional groups attached to an aromatic ring is 2. The normalized spacial score (nSPS) is 15.7. The van der Waals surface area contributed by atoms with Crippen LogP contribution in [0, 0.1) is 15.4 Å². The summed E-state index contributed by atoms with van der Waals surface area (Å²) >= 11 is 14.1. The highest BCUT2D eigenvalue weighted by atomic mass is 127. The van der Waals surface area contributed by atoms with Crippen molar-refractivity contribution in [3.8, 4) is 11.5 Å². The average molecular weight is 521 g/mol. The van der Waals surface area contributed by atoms with Gasteiger partial charge in [-0.05, 0) is 78.3 Å². The van der Waals surface area contributed by atoms with Crippen LogP contribution in [0.5, 0.6) is 11.5 Å². The maximum atomic E-state index is 6.02. The van der Waals surface area contributed by atoms with E-state index < -0.39 is 0 Å². The molecule has 0 radical (unpaired) electrons. The van der Waals surface area contributed by atoms with Gasteiger partial charge in [0.05, 0.1) is 23.3 Å². The fraction of sp³-hybridized carbons (Fsp3) is 0.400. The van der Waals surface area contributed by atoms with Crippen molar-refractivity contribution in [2.75, 3.05) is 24.7 Å². The standard InChI is InChI=1S/C10H11ClINO.C10H12ClNO/c11-7-3-8(12)9(13)4-10(7)14-5-6-1-2-6;11-9-4-3-8(12)5-10(9)13-6-7-1-2-7/h3-4,6H,1-2,5,13H2;3-5,7H,1-2,6,12H2. The lowest BCUT2D eigenvalue weighted by atomic mass is 10.3. The van der Waals surface area contributed by atoms with Crippen LogP contribution in [0.15, 0.2) is 30.3 Å². The lowest BCUT2D eigenvalue weighted by molar-refractivity contribution is 0.300. The Morgan fingerprint density at radius 1 is 0.852 bits per heavy atom. The second kappa shape index (κ2) is 9.43. The fourth-order valence-electron chi connectivity index (χ4n) is 2.27. The molecule has 0 heterocycles. The van der Waals surface area contributed by atoms with Gasteiger partial charge in [-0.1, -0.05) is 23.2 Å². The highest BCUT2D eigenvalue weighted by molar-refractivity contribution is 14.1. The Morgan fingerprint density at radius 3 is 1.96 bits per heavy atom. The Kier molecular flexibility index (Phi) is 7.22. The predicted octanol–water partition coefficient (Wildman–Crippen LogP) is 6.03. The number of halogens is 3. The second-order valence-electron chi connectivity index (χ2n) is 7.00. The van der Waals surface area contributed by atoms with Crippen LogP contribution >= 0.6 is 45.8 Å². The summed E-state index contributed by atoms with van der Waals surface area (Å²) in [5, 5.41) is 1.28. The smallest absolute Gasteiger partial charge is 0.140 e. The van der Waals surface area contributed by atoms with E-state index in [1.54, 1.807) is 24.3 Å². The molecule has 27 heavy (non-hydrogen) atoms. The number of anilines is 2. The molecule has 0 aromatic heterocycles. The first kappa shape index (κ1) is 20.7. The largest absolute Gasteiger partial charge is 0.492 e. The summed E-state index contributed by atoms with van der Waals surface area (Å²) in [6.07, 6.45) is 5.11. The van der Waals surface area contributed by atoms with Gasteiger partial charge in [0.1, 0.15) is 11.5 Å². The predicted molar refractivity (Wildman–Crippen MR) is 121 cm³/mol. The van der Waals surface area contributed by atoms with Gasteiger partial charge in [0.15, 0.2) is 0 Å². The molecule has 2 saturated carbocycles. The minimum atomic E-state index is 0.634.